The lowest BCUT2D eigenvalue weighted by Gasteiger charge is -2.36. The lowest BCUT2D eigenvalue weighted by atomic mass is 10.0. The highest BCUT2D eigenvalue weighted by atomic mass is 19.3. The Morgan fingerprint density at radius 2 is 2.20 bits per heavy atom. The molecular formula is C22H24F4N8O. The third-order valence-electron chi connectivity index (χ3n) is 5.88. The van der Waals surface area contributed by atoms with E-state index in [4.69, 9.17) is 8.85 Å². The molecule has 0 saturated carbocycles. The Morgan fingerprint density at radius 1 is 1.37 bits per heavy atom. The molecule has 1 saturated heterocycles. The van der Waals surface area contributed by atoms with Crippen LogP contribution in [0.2, 0.25) is 0 Å². The zero-order valence-corrected chi connectivity index (χ0v) is 18.8. The van der Waals surface area contributed by atoms with Crippen molar-refractivity contribution in [1.29, 1.82) is 0 Å². The molecule has 0 amide bonds. The topological polar surface area (TPSA) is 85.4 Å². The van der Waals surface area contributed by atoms with Crippen LogP contribution in [0.1, 0.15) is 17.5 Å². The van der Waals surface area contributed by atoms with Crippen molar-refractivity contribution in [3.63, 3.8) is 0 Å². The van der Waals surface area contributed by atoms with Crippen molar-refractivity contribution in [2.24, 2.45) is 0 Å². The summed E-state index contributed by atoms with van der Waals surface area (Å²) in [6.45, 7) is -2.32. The van der Waals surface area contributed by atoms with Gasteiger partial charge in [0, 0.05) is 10.7 Å². The van der Waals surface area contributed by atoms with E-state index in [1.807, 2.05) is 0 Å². The maximum absolute atomic E-state index is 15.3. The van der Waals surface area contributed by atoms with Gasteiger partial charge < -0.3 is 15.0 Å². The van der Waals surface area contributed by atoms with Crippen LogP contribution in [-0.2, 0) is 6.54 Å². The van der Waals surface area contributed by atoms with E-state index in [1.165, 1.54) is 18.7 Å². The number of hydrogen-bond acceptors (Lipinski definition) is 7. The average Bonchev–Trinajstić information content (AvgIpc) is 3.38. The molecule has 13 heteroatoms. The lowest BCUT2D eigenvalue weighted by Crippen LogP contribution is -2.53. The molecule has 9 nitrogen and oxygen atoms in total. The van der Waals surface area contributed by atoms with Gasteiger partial charge in [0.05, 0.1) is 43.5 Å². The van der Waals surface area contributed by atoms with Crippen molar-refractivity contribution in [2.75, 3.05) is 32.5 Å². The van der Waals surface area contributed by atoms with Gasteiger partial charge in [-0.2, -0.15) is 4.98 Å². The number of methoxy groups -OCH3 is 1. The van der Waals surface area contributed by atoms with Gasteiger partial charge in [0.25, 0.3) is 5.92 Å². The number of hydrogen-bond donors (Lipinski definition) is 1. The van der Waals surface area contributed by atoms with Crippen LogP contribution < -0.4 is 10.1 Å². The van der Waals surface area contributed by atoms with Gasteiger partial charge in [0.15, 0.2) is 5.82 Å². The predicted octanol–water partition coefficient (Wildman–Crippen LogP) is 3.40. The second-order valence-corrected chi connectivity index (χ2v) is 8.51. The number of benzene rings is 1. The van der Waals surface area contributed by atoms with Crippen LogP contribution in [0.5, 0.6) is 5.88 Å². The summed E-state index contributed by atoms with van der Waals surface area (Å²) in [6, 6.07) is 3.40. The van der Waals surface area contributed by atoms with E-state index in [2.05, 4.69) is 25.7 Å². The van der Waals surface area contributed by atoms with Crippen molar-refractivity contribution < 1.29 is 26.4 Å². The Morgan fingerprint density at radius 3 is 2.91 bits per heavy atom. The number of nitrogens with one attached hydrogen (secondary N) is 1. The zero-order chi connectivity index (χ0) is 27.4. The van der Waals surface area contributed by atoms with Crippen LogP contribution in [0.3, 0.4) is 0 Å². The summed E-state index contributed by atoms with van der Waals surface area (Å²) in [7, 11) is 1.30. The highest BCUT2D eigenvalue weighted by Crippen LogP contribution is 2.36. The molecule has 5 rings (SSSR count). The monoisotopic (exact) mass is 495 g/mol. The van der Waals surface area contributed by atoms with Gasteiger partial charge in [-0.3, -0.25) is 0 Å². The first kappa shape index (κ1) is 19.8. The maximum atomic E-state index is 15.3. The molecule has 1 N–H and O–H groups in total. The summed E-state index contributed by atoms with van der Waals surface area (Å²) in [5.41, 5.74) is 1.64. The summed E-state index contributed by atoms with van der Waals surface area (Å²) in [5.74, 6) is -4.39. The standard InChI is InChI=1S/C22H24F4N8O/c1-12(23)9-33-16-8-13(4-5-15(16)29-31-33)18-14(24)10-34-19(18)20(35-3)28-21(30-34)27-17-6-7-32(2)11-22(17,25)26/h4-5,8,10,12,17H,6-7,9,11H2,1-3H3,(H,27,30)/t12-,17-/m1/s1/i2D3. The largest absolute Gasteiger partial charge is 0.479 e. The molecule has 3 aromatic heterocycles. The van der Waals surface area contributed by atoms with Crippen molar-refractivity contribution >= 4 is 22.5 Å². The Balaban J connectivity index is 1.51. The van der Waals surface area contributed by atoms with E-state index in [0.29, 0.717) is 16.6 Å². The lowest BCUT2D eigenvalue weighted by molar-refractivity contribution is -0.0675. The van der Waals surface area contributed by atoms with Crippen molar-refractivity contribution in [3.05, 3.63) is 30.2 Å². The third kappa shape index (κ3) is 4.24. The predicted molar refractivity (Wildman–Crippen MR) is 121 cm³/mol. The van der Waals surface area contributed by atoms with Crippen molar-refractivity contribution in [3.8, 4) is 17.0 Å². The summed E-state index contributed by atoms with van der Waals surface area (Å²) < 4.78 is 88.5. The van der Waals surface area contributed by atoms with Crippen molar-refractivity contribution in [1.82, 2.24) is 34.5 Å². The molecule has 0 unspecified atom stereocenters. The van der Waals surface area contributed by atoms with Gasteiger partial charge in [-0.05, 0) is 38.0 Å². The van der Waals surface area contributed by atoms with Crippen LogP contribution >= 0.6 is 0 Å². The van der Waals surface area contributed by atoms with Gasteiger partial charge in [-0.25, -0.2) is 26.8 Å². The SMILES string of the molecule is [2H]C([2H])([2H])N1CC[C@@H](Nc2nc(OC)c3c(-c4ccc5nnn(C[C@@H](C)F)c5c4)c(F)cn3n2)C(F)(F)C1. The fourth-order valence-corrected chi connectivity index (χ4v) is 4.27. The average molecular weight is 495 g/mol. The van der Waals surface area contributed by atoms with Crippen LogP contribution in [0.25, 0.3) is 27.7 Å². The molecule has 0 bridgehead atoms. The van der Waals surface area contributed by atoms with E-state index >= 15 is 4.39 Å². The van der Waals surface area contributed by atoms with Crippen LogP contribution in [-0.4, -0.2) is 79.8 Å². The van der Waals surface area contributed by atoms with E-state index in [9.17, 15) is 13.2 Å². The summed E-state index contributed by atoms with van der Waals surface area (Å²) >= 11 is 0. The van der Waals surface area contributed by atoms with E-state index in [0.717, 1.165) is 15.6 Å². The highest BCUT2D eigenvalue weighted by molar-refractivity contribution is 5.89. The zero-order valence-electron chi connectivity index (χ0n) is 21.8. The molecule has 35 heavy (non-hydrogen) atoms. The first-order valence-electron chi connectivity index (χ1n) is 12.4. The minimum Gasteiger partial charge on any atom is -0.479 e. The fraction of sp³-hybridized carbons (Fsp3) is 0.455. The van der Waals surface area contributed by atoms with Gasteiger partial charge in [-0.15, -0.1) is 10.2 Å². The molecule has 0 spiro atoms. The number of fused-ring (bicyclic) bond motifs is 2. The third-order valence-corrected chi connectivity index (χ3v) is 5.88. The number of ether oxygens (including phenoxy) is 1. The molecule has 4 heterocycles. The molecule has 1 fully saturated rings. The number of likely N-dealkylation sites (tertiary alicyclic amines) is 1. The molecular weight excluding hydrogens is 468 g/mol. The smallest absolute Gasteiger partial charge is 0.280 e. The van der Waals surface area contributed by atoms with E-state index in [1.54, 1.807) is 18.2 Å². The second kappa shape index (κ2) is 8.63. The number of aromatic nitrogens is 6. The molecule has 4 aromatic rings. The Hall–Kier alpha value is -3.48. The molecule has 2 atom stereocenters. The minimum atomic E-state index is -3.39. The molecule has 0 aliphatic carbocycles. The van der Waals surface area contributed by atoms with Crippen LogP contribution in [0.15, 0.2) is 24.4 Å². The fourth-order valence-electron chi connectivity index (χ4n) is 4.27. The van der Waals surface area contributed by atoms with Crippen LogP contribution in [0.4, 0.5) is 23.5 Å². The summed E-state index contributed by atoms with van der Waals surface area (Å²) in [5, 5.41) is 14.7. The molecule has 0 radical (unpaired) electrons. The summed E-state index contributed by atoms with van der Waals surface area (Å²) in [6.07, 6.45) is -0.290. The van der Waals surface area contributed by atoms with Gasteiger partial charge in [-0.1, -0.05) is 11.3 Å². The van der Waals surface area contributed by atoms with E-state index in [-0.39, 0.29) is 42.4 Å². The number of nitrogens with zero attached hydrogens (tertiary/aromatic N) is 7. The Kier molecular flexibility index (Phi) is 4.88. The van der Waals surface area contributed by atoms with Crippen LogP contribution in [0, 0.1) is 5.82 Å². The first-order chi connectivity index (χ1) is 17.9. The number of halogens is 4. The maximum Gasteiger partial charge on any atom is 0.280 e. The molecule has 1 aliphatic heterocycles. The number of piperidine rings is 1. The first-order valence-corrected chi connectivity index (χ1v) is 10.9. The van der Waals surface area contributed by atoms with E-state index < -0.39 is 37.5 Å². The normalized spacial score (nSPS) is 21.0. The Bertz CT molecular complexity index is 1490. The molecule has 1 aliphatic rings. The van der Waals surface area contributed by atoms with Gasteiger partial charge >= 0.3 is 0 Å². The number of anilines is 1. The van der Waals surface area contributed by atoms with Gasteiger partial charge in [0.1, 0.15) is 17.2 Å². The Labute approximate surface area is 201 Å². The molecule has 1 aromatic carbocycles. The summed E-state index contributed by atoms with van der Waals surface area (Å²) in [4.78, 5) is 4.93. The van der Waals surface area contributed by atoms with Gasteiger partial charge in [0.2, 0.25) is 11.8 Å². The second-order valence-electron chi connectivity index (χ2n) is 8.51. The number of alkyl halides is 3. The minimum absolute atomic E-state index is 0.0314. The molecule has 186 valence electrons. The quantitative estimate of drug-likeness (QED) is 0.411. The van der Waals surface area contributed by atoms with Crippen molar-refractivity contribution in [2.45, 2.75) is 38.0 Å². The number of rotatable bonds is 6. The highest BCUT2D eigenvalue weighted by Gasteiger charge is 2.44.